The number of aromatic amines is 1. The fourth-order valence-electron chi connectivity index (χ4n) is 2.97. The molecule has 1 unspecified atom stereocenters. The predicted octanol–water partition coefficient (Wildman–Crippen LogP) is 1.94. The van der Waals surface area contributed by atoms with E-state index in [0.29, 0.717) is 17.2 Å². The Morgan fingerprint density at radius 2 is 2.22 bits per heavy atom. The third kappa shape index (κ3) is 3.21. The van der Waals surface area contributed by atoms with Crippen molar-refractivity contribution in [3.05, 3.63) is 41.4 Å². The highest BCUT2D eigenvalue weighted by Gasteiger charge is 2.38. The SMILES string of the molecule is COc1ccc2cc(C(=O)NCCN3C(=O)N=C4C=CSC4C3=O)[nH]c2c1. The van der Waals surface area contributed by atoms with Crippen molar-refractivity contribution in [3.8, 4) is 5.75 Å². The molecule has 2 aliphatic heterocycles. The molecular weight excluding hydrogens is 368 g/mol. The molecular formula is C18H16N4O4S. The van der Waals surface area contributed by atoms with E-state index in [1.807, 2.05) is 12.1 Å². The Bertz CT molecular complexity index is 1010. The molecule has 0 bridgehead atoms. The number of nitrogens with one attached hydrogen (secondary N) is 2. The molecule has 4 rings (SSSR count). The first-order valence-corrected chi connectivity index (χ1v) is 9.22. The van der Waals surface area contributed by atoms with Crippen LogP contribution in [-0.2, 0) is 4.79 Å². The van der Waals surface area contributed by atoms with Crippen LogP contribution in [0.15, 0.2) is 40.7 Å². The number of methoxy groups -OCH3 is 1. The van der Waals surface area contributed by atoms with Crippen LogP contribution < -0.4 is 10.1 Å². The van der Waals surface area contributed by atoms with E-state index in [2.05, 4.69) is 15.3 Å². The van der Waals surface area contributed by atoms with Gasteiger partial charge in [-0.05, 0) is 29.7 Å². The van der Waals surface area contributed by atoms with Crippen LogP contribution in [0.2, 0.25) is 0 Å². The van der Waals surface area contributed by atoms with Gasteiger partial charge < -0.3 is 15.0 Å². The molecule has 0 aliphatic carbocycles. The average molecular weight is 384 g/mol. The zero-order valence-electron chi connectivity index (χ0n) is 14.4. The molecule has 0 spiro atoms. The van der Waals surface area contributed by atoms with Crippen molar-refractivity contribution in [2.45, 2.75) is 5.25 Å². The Kier molecular flexibility index (Phi) is 4.44. The van der Waals surface area contributed by atoms with E-state index in [9.17, 15) is 14.4 Å². The number of amides is 4. The smallest absolute Gasteiger partial charge is 0.350 e. The Morgan fingerprint density at radius 3 is 3.04 bits per heavy atom. The van der Waals surface area contributed by atoms with E-state index in [-0.39, 0.29) is 24.9 Å². The topological polar surface area (TPSA) is 104 Å². The summed E-state index contributed by atoms with van der Waals surface area (Å²) in [4.78, 5) is 44.8. The summed E-state index contributed by atoms with van der Waals surface area (Å²) >= 11 is 1.32. The normalized spacial score (nSPS) is 18.6. The number of benzene rings is 1. The molecule has 3 heterocycles. The van der Waals surface area contributed by atoms with Crippen LogP contribution >= 0.6 is 11.8 Å². The van der Waals surface area contributed by atoms with Crippen molar-refractivity contribution in [2.24, 2.45) is 4.99 Å². The van der Waals surface area contributed by atoms with E-state index in [4.69, 9.17) is 4.74 Å². The number of hydrogen-bond donors (Lipinski definition) is 2. The van der Waals surface area contributed by atoms with E-state index < -0.39 is 11.3 Å². The molecule has 1 aromatic carbocycles. The fourth-order valence-corrected chi connectivity index (χ4v) is 3.86. The van der Waals surface area contributed by atoms with Crippen LogP contribution in [0, 0.1) is 0 Å². The van der Waals surface area contributed by atoms with Crippen molar-refractivity contribution in [2.75, 3.05) is 20.2 Å². The van der Waals surface area contributed by atoms with Gasteiger partial charge in [0.25, 0.3) is 5.91 Å². The zero-order chi connectivity index (χ0) is 19.0. The molecule has 0 saturated carbocycles. The second kappa shape index (κ2) is 6.92. The maximum Gasteiger partial charge on any atom is 0.350 e. The quantitative estimate of drug-likeness (QED) is 0.820. The minimum atomic E-state index is -0.592. The lowest BCUT2D eigenvalue weighted by Gasteiger charge is -2.25. The number of ether oxygens (including phenoxy) is 1. The van der Waals surface area contributed by atoms with Crippen LogP contribution in [0.3, 0.4) is 0 Å². The van der Waals surface area contributed by atoms with Crippen molar-refractivity contribution >= 4 is 46.2 Å². The van der Waals surface area contributed by atoms with Crippen LogP contribution in [-0.4, -0.2) is 58.9 Å². The molecule has 0 fully saturated rings. The Balaban J connectivity index is 1.38. The molecule has 0 saturated heterocycles. The summed E-state index contributed by atoms with van der Waals surface area (Å²) in [5.74, 6) is 0.0766. The van der Waals surface area contributed by atoms with E-state index in [1.165, 1.54) is 11.8 Å². The molecule has 8 nitrogen and oxygen atoms in total. The lowest BCUT2D eigenvalue weighted by Crippen LogP contribution is -2.49. The van der Waals surface area contributed by atoms with Crippen molar-refractivity contribution in [1.82, 2.24) is 15.2 Å². The molecule has 138 valence electrons. The van der Waals surface area contributed by atoms with Gasteiger partial charge in [-0.15, -0.1) is 11.8 Å². The number of imide groups is 1. The van der Waals surface area contributed by atoms with Gasteiger partial charge in [-0.2, -0.15) is 4.99 Å². The minimum absolute atomic E-state index is 0.0747. The molecule has 27 heavy (non-hydrogen) atoms. The first-order chi connectivity index (χ1) is 13.1. The first kappa shape index (κ1) is 17.3. The number of aromatic nitrogens is 1. The zero-order valence-corrected chi connectivity index (χ0v) is 15.2. The number of rotatable bonds is 5. The summed E-state index contributed by atoms with van der Waals surface area (Å²) in [5, 5.41) is 4.90. The number of nitrogens with zero attached hydrogens (tertiary/aromatic N) is 2. The van der Waals surface area contributed by atoms with Gasteiger partial charge in [-0.3, -0.25) is 14.5 Å². The number of hydrogen-bond acceptors (Lipinski definition) is 5. The van der Waals surface area contributed by atoms with E-state index in [0.717, 1.165) is 15.8 Å². The van der Waals surface area contributed by atoms with Gasteiger partial charge in [0.15, 0.2) is 0 Å². The largest absolute Gasteiger partial charge is 0.497 e. The number of aliphatic imine (C=N–C) groups is 1. The second-order valence-corrected chi connectivity index (χ2v) is 7.04. The van der Waals surface area contributed by atoms with Gasteiger partial charge in [0.1, 0.15) is 16.7 Å². The van der Waals surface area contributed by atoms with Gasteiger partial charge in [0, 0.05) is 30.1 Å². The second-order valence-electron chi connectivity index (χ2n) is 6.02. The molecule has 1 atom stereocenters. The lowest BCUT2D eigenvalue weighted by molar-refractivity contribution is -0.126. The number of thioether (sulfide) groups is 1. The molecule has 2 aromatic rings. The third-order valence-electron chi connectivity index (χ3n) is 4.36. The van der Waals surface area contributed by atoms with Crippen LogP contribution in [0.1, 0.15) is 10.5 Å². The van der Waals surface area contributed by atoms with Gasteiger partial charge in [-0.25, -0.2) is 4.79 Å². The number of H-pyrrole nitrogens is 1. The number of carbonyl (C=O) groups excluding carboxylic acids is 3. The van der Waals surface area contributed by atoms with E-state index >= 15 is 0 Å². The Hall–Kier alpha value is -3.07. The number of carbonyl (C=O) groups is 3. The Labute approximate surface area is 158 Å². The summed E-state index contributed by atoms with van der Waals surface area (Å²) in [6.45, 7) is 0.218. The van der Waals surface area contributed by atoms with Gasteiger partial charge in [-0.1, -0.05) is 0 Å². The van der Waals surface area contributed by atoms with Gasteiger partial charge in [0.2, 0.25) is 5.91 Å². The van der Waals surface area contributed by atoms with Crippen molar-refractivity contribution in [1.29, 1.82) is 0 Å². The molecule has 1 aromatic heterocycles. The third-order valence-corrected chi connectivity index (χ3v) is 5.37. The summed E-state index contributed by atoms with van der Waals surface area (Å²) in [7, 11) is 1.58. The van der Waals surface area contributed by atoms with Crippen molar-refractivity contribution in [3.63, 3.8) is 0 Å². The average Bonchev–Trinajstić information content (AvgIpc) is 3.30. The summed E-state index contributed by atoms with van der Waals surface area (Å²) in [6, 6.07) is 6.62. The number of fused-ring (bicyclic) bond motifs is 2. The molecule has 0 radical (unpaired) electrons. The molecule has 2 aliphatic rings. The summed E-state index contributed by atoms with van der Waals surface area (Å²) < 4.78 is 5.17. The number of allylic oxidation sites excluding steroid dienone is 1. The summed E-state index contributed by atoms with van der Waals surface area (Å²) in [6.07, 6.45) is 1.68. The molecule has 4 amide bonds. The first-order valence-electron chi connectivity index (χ1n) is 8.28. The highest BCUT2D eigenvalue weighted by molar-refractivity contribution is 8.04. The molecule has 2 N–H and O–H groups in total. The molecule has 9 heteroatoms. The van der Waals surface area contributed by atoms with Crippen LogP contribution in [0.5, 0.6) is 5.75 Å². The van der Waals surface area contributed by atoms with Crippen molar-refractivity contribution < 1.29 is 19.1 Å². The van der Waals surface area contributed by atoms with Gasteiger partial charge >= 0.3 is 6.03 Å². The number of urea groups is 1. The maximum atomic E-state index is 12.4. The summed E-state index contributed by atoms with van der Waals surface area (Å²) in [5.41, 5.74) is 1.67. The van der Waals surface area contributed by atoms with Crippen LogP contribution in [0.25, 0.3) is 10.9 Å². The van der Waals surface area contributed by atoms with E-state index in [1.54, 1.807) is 30.7 Å². The highest BCUT2D eigenvalue weighted by Crippen LogP contribution is 2.27. The monoisotopic (exact) mass is 384 g/mol. The fraction of sp³-hybridized carbons (Fsp3) is 0.222. The predicted molar refractivity (Wildman–Crippen MR) is 102 cm³/mol. The lowest BCUT2D eigenvalue weighted by atomic mass is 10.2. The minimum Gasteiger partial charge on any atom is -0.497 e. The highest BCUT2D eigenvalue weighted by atomic mass is 32.2. The van der Waals surface area contributed by atoms with Gasteiger partial charge in [0.05, 0.1) is 12.8 Å². The Morgan fingerprint density at radius 1 is 1.37 bits per heavy atom. The van der Waals surface area contributed by atoms with Crippen LogP contribution in [0.4, 0.5) is 4.79 Å². The standard InChI is InChI=1S/C18H16N4O4S/c1-26-11-3-2-10-8-14(20-13(10)9-11)16(23)19-5-6-22-17(24)15-12(4-7-27-15)21-18(22)25/h2-4,7-9,15,20H,5-6H2,1H3,(H,19,23). The maximum absolute atomic E-state index is 12.4.